The number of H-pyrrole nitrogens is 1. The van der Waals surface area contributed by atoms with Crippen LogP contribution in [-0.2, 0) is 12.3 Å². The van der Waals surface area contributed by atoms with Crippen molar-refractivity contribution in [2.45, 2.75) is 45.1 Å². The van der Waals surface area contributed by atoms with Gasteiger partial charge in [0.1, 0.15) is 16.4 Å². The second kappa shape index (κ2) is 8.84. The van der Waals surface area contributed by atoms with Gasteiger partial charge in [-0.2, -0.15) is 0 Å². The van der Waals surface area contributed by atoms with Gasteiger partial charge >= 0.3 is 0 Å². The average Bonchev–Trinajstić information content (AvgIpc) is 3.26. The maximum atomic E-state index is 12.6. The molecule has 3 heterocycles. The zero-order valence-electron chi connectivity index (χ0n) is 18.2. The molecule has 1 N–H and O–H groups in total. The Hall–Kier alpha value is -2.65. The van der Waals surface area contributed by atoms with E-state index in [1.807, 2.05) is 38.1 Å². The van der Waals surface area contributed by atoms with Gasteiger partial charge in [0.05, 0.1) is 18.2 Å². The van der Waals surface area contributed by atoms with Crippen molar-refractivity contribution >= 4 is 33.3 Å². The Morgan fingerprint density at radius 1 is 1.19 bits per heavy atom. The molecule has 0 radical (unpaired) electrons. The first-order chi connectivity index (χ1) is 14.9. The van der Waals surface area contributed by atoms with Gasteiger partial charge in [-0.1, -0.05) is 25.6 Å². The minimum absolute atomic E-state index is 0.0787. The number of thioether (sulfide) groups is 1. The van der Waals surface area contributed by atoms with E-state index in [1.54, 1.807) is 18.4 Å². The highest BCUT2D eigenvalue weighted by atomic mass is 32.2. The fourth-order valence-corrected chi connectivity index (χ4v) is 5.25. The van der Waals surface area contributed by atoms with Gasteiger partial charge in [0.2, 0.25) is 0 Å². The van der Waals surface area contributed by atoms with Crippen molar-refractivity contribution in [2.75, 3.05) is 7.11 Å². The van der Waals surface area contributed by atoms with E-state index >= 15 is 0 Å². The predicted molar refractivity (Wildman–Crippen MR) is 126 cm³/mol. The number of hydrogen-bond acceptors (Lipinski definition) is 7. The Morgan fingerprint density at radius 3 is 2.61 bits per heavy atom. The molecule has 1 aromatic carbocycles. The summed E-state index contributed by atoms with van der Waals surface area (Å²) in [4.78, 5) is 22.1. The number of rotatable bonds is 7. The highest BCUT2D eigenvalue weighted by Gasteiger charge is 2.17. The molecule has 4 aromatic rings. The van der Waals surface area contributed by atoms with E-state index in [0.29, 0.717) is 22.9 Å². The average molecular weight is 456 g/mol. The number of methoxy groups -OCH3 is 1. The van der Waals surface area contributed by atoms with Crippen LogP contribution < -0.4 is 10.3 Å². The Morgan fingerprint density at radius 2 is 1.94 bits per heavy atom. The van der Waals surface area contributed by atoms with E-state index in [2.05, 4.69) is 38.6 Å². The summed E-state index contributed by atoms with van der Waals surface area (Å²) < 4.78 is 7.39. The molecule has 0 atom stereocenters. The molecule has 3 aromatic heterocycles. The number of hydrogen-bond donors (Lipinski definition) is 1. The topological polar surface area (TPSA) is 85.7 Å². The smallest absolute Gasteiger partial charge is 0.259 e. The monoisotopic (exact) mass is 455 g/mol. The third-order valence-electron chi connectivity index (χ3n) is 5.04. The molecule has 31 heavy (non-hydrogen) atoms. The predicted octanol–water partition coefficient (Wildman–Crippen LogP) is 4.82. The maximum Gasteiger partial charge on any atom is 0.259 e. The van der Waals surface area contributed by atoms with Crippen molar-refractivity contribution in [2.24, 2.45) is 5.92 Å². The number of thiophene rings is 1. The molecule has 0 amide bonds. The summed E-state index contributed by atoms with van der Waals surface area (Å²) >= 11 is 3.09. The second-order valence-electron chi connectivity index (χ2n) is 7.80. The van der Waals surface area contributed by atoms with Crippen molar-refractivity contribution < 1.29 is 4.74 Å². The van der Waals surface area contributed by atoms with Crippen LogP contribution >= 0.6 is 23.1 Å². The molecule has 162 valence electrons. The summed E-state index contributed by atoms with van der Waals surface area (Å²) in [5, 5.41) is 10.4. The minimum Gasteiger partial charge on any atom is -0.497 e. The highest BCUT2D eigenvalue weighted by Crippen LogP contribution is 2.29. The van der Waals surface area contributed by atoms with Crippen molar-refractivity contribution in [3.63, 3.8) is 0 Å². The number of aryl methyl sites for hydroxylation is 2. The molecule has 7 nitrogen and oxygen atoms in total. The van der Waals surface area contributed by atoms with Gasteiger partial charge in [0.25, 0.3) is 5.56 Å². The van der Waals surface area contributed by atoms with Crippen molar-refractivity contribution in [1.82, 2.24) is 24.7 Å². The van der Waals surface area contributed by atoms with Gasteiger partial charge in [-0.25, -0.2) is 4.98 Å². The SMILES string of the molecule is COc1ccc(-c2nnc(SCc3nc4sc(C)c(C)c4c(=O)[nH]3)n2CC(C)C)cc1. The molecule has 4 rings (SSSR count). The van der Waals surface area contributed by atoms with Gasteiger partial charge in [-0.05, 0) is 49.6 Å². The first kappa shape index (κ1) is 21.6. The second-order valence-corrected chi connectivity index (χ2v) is 9.95. The number of benzene rings is 1. The van der Waals surface area contributed by atoms with Crippen LogP contribution in [0.2, 0.25) is 0 Å². The lowest BCUT2D eigenvalue weighted by molar-refractivity contribution is 0.415. The molecule has 0 bridgehead atoms. The van der Waals surface area contributed by atoms with Crippen LogP contribution in [0.25, 0.3) is 21.6 Å². The summed E-state index contributed by atoms with van der Waals surface area (Å²) in [7, 11) is 1.65. The molecule has 0 fully saturated rings. The van der Waals surface area contributed by atoms with Crippen molar-refractivity contribution in [3.8, 4) is 17.1 Å². The third kappa shape index (κ3) is 4.38. The number of ether oxygens (including phenoxy) is 1. The Kier molecular flexibility index (Phi) is 6.15. The lowest BCUT2D eigenvalue weighted by Crippen LogP contribution is -2.11. The number of aromatic amines is 1. The zero-order chi connectivity index (χ0) is 22.1. The van der Waals surface area contributed by atoms with Gasteiger partial charge in [-0.15, -0.1) is 21.5 Å². The summed E-state index contributed by atoms with van der Waals surface area (Å²) in [6.45, 7) is 9.11. The van der Waals surface area contributed by atoms with Crippen LogP contribution in [0, 0.1) is 19.8 Å². The molecule has 9 heteroatoms. The Bertz CT molecular complexity index is 1270. The molecular weight excluding hydrogens is 430 g/mol. The molecule has 0 spiro atoms. The lowest BCUT2D eigenvalue weighted by Gasteiger charge is -2.12. The van der Waals surface area contributed by atoms with Crippen molar-refractivity contribution in [1.29, 1.82) is 0 Å². The van der Waals surface area contributed by atoms with Crippen LogP contribution in [-0.4, -0.2) is 31.8 Å². The van der Waals surface area contributed by atoms with E-state index in [9.17, 15) is 4.79 Å². The van der Waals surface area contributed by atoms with Gasteiger partial charge in [0.15, 0.2) is 11.0 Å². The van der Waals surface area contributed by atoms with Crippen LogP contribution in [0.15, 0.2) is 34.2 Å². The van der Waals surface area contributed by atoms with Gasteiger partial charge in [0, 0.05) is 17.0 Å². The van der Waals surface area contributed by atoms with Crippen LogP contribution in [0.3, 0.4) is 0 Å². The van der Waals surface area contributed by atoms with Crippen molar-refractivity contribution in [3.05, 3.63) is 50.9 Å². The van der Waals surface area contributed by atoms with Crippen LogP contribution in [0.5, 0.6) is 5.75 Å². The number of aromatic nitrogens is 5. The standard InChI is InChI=1S/C22H25N5O2S2/c1-12(2)10-27-19(15-6-8-16(29-5)9-7-15)25-26-22(27)30-11-17-23-20(28)18-13(3)14(4)31-21(18)24-17/h6-9,12H,10-11H2,1-5H3,(H,23,24,28). The summed E-state index contributed by atoms with van der Waals surface area (Å²) in [5.74, 6) is 3.21. The summed E-state index contributed by atoms with van der Waals surface area (Å²) in [6, 6.07) is 7.82. The van der Waals surface area contributed by atoms with E-state index in [-0.39, 0.29) is 5.56 Å². The minimum atomic E-state index is -0.0787. The fraction of sp³-hybridized carbons (Fsp3) is 0.364. The molecule has 0 aliphatic heterocycles. The van der Waals surface area contributed by atoms with E-state index in [0.717, 1.165) is 44.1 Å². The number of nitrogens with one attached hydrogen (secondary N) is 1. The highest BCUT2D eigenvalue weighted by molar-refractivity contribution is 7.98. The maximum absolute atomic E-state index is 12.6. The van der Waals surface area contributed by atoms with Gasteiger partial charge < -0.3 is 14.3 Å². The fourth-order valence-electron chi connectivity index (χ4n) is 3.38. The number of nitrogens with zero attached hydrogens (tertiary/aromatic N) is 4. The van der Waals surface area contributed by atoms with Crippen LogP contribution in [0.4, 0.5) is 0 Å². The molecule has 0 saturated carbocycles. The van der Waals surface area contributed by atoms with E-state index in [1.165, 1.54) is 11.8 Å². The largest absolute Gasteiger partial charge is 0.497 e. The molecule has 0 aliphatic rings. The zero-order valence-corrected chi connectivity index (χ0v) is 19.9. The first-order valence-electron chi connectivity index (χ1n) is 10.1. The van der Waals surface area contributed by atoms with Crippen LogP contribution in [0.1, 0.15) is 30.1 Å². The number of fused-ring (bicyclic) bond motifs is 1. The first-order valence-corrected chi connectivity index (χ1v) is 11.9. The molecule has 0 saturated heterocycles. The molecule has 0 aliphatic carbocycles. The summed E-state index contributed by atoms with van der Waals surface area (Å²) in [6.07, 6.45) is 0. The Labute approximate surface area is 188 Å². The lowest BCUT2D eigenvalue weighted by atomic mass is 10.2. The third-order valence-corrected chi connectivity index (χ3v) is 7.12. The molecular formula is C22H25N5O2S2. The normalized spacial score (nSPS) is 11.5. The quantitative estimate of drug-likeness (QED) is 0.402. The van der Waals surface area contributed by atoms with E-state index in [4.69, 9.17) is 4.74 Å². The Balaban J connectivity index is 1.63. The molecule has 0 unspecified atom stereocenters. The summed E-state index contributed by atoms with van der Waals surface area (Å²) in [5.41, 5.74) is 1.91. The van der Waals surface area contributed by atoms with Gasteiger partial charge in [-0.3, -0.25) is 4.79 Å². The van der Waals surface area contributed by atoms with E-state index < -0.39 is 0 Å².